The number of ether oxygens (including phenoxy) is 1. The summed E-state index contributed by atoms with van der Waals surface area (Å²) >= 11 is 0. The van der Waals surface area contributed by atoms with Crippen molar-refractivity contribution < 1.29 is 29.3 Å². The largest absolute Gasteiger partial charge is 0.478 e. The molecule has 0 unspecified atom stereocenters. The predicted octanol–water partition coefficient (Wildman–Crippen LogP) is 2.67. The molecule has 2 heterocycles. The molecule has 31 heavy (non-hydrogen) atoms. The van der Waals surface area contributed by atoms with Gasteiger partial charge in [0.25, 0.3) is 0 Å². The third kappa shape index (κ3) is 8.01. The van der Waals surface area contributed by atoms with Crippen molar-refractivity contribution in [3.05, 3.63) is 90.3 Å². The summed E-state index contributed by atoms with van der Waals surface area (Å²) in [6.07, 6.45) is 8.72. The quantitative estimate of drug-likeness (QED) is 0.420. The number of rotatable bonds is 8. The normalized spacial score (nSPS) is 10.4. The lowest BCUT2D eigenvalue weighted by atomic mass is 10.1. The number of imidazole rings is 1. The molecule has 162 valence electrons. The van der Waals surface area contributed by atoms with Crippen molar-refractivity contribution in [3.63, 3.8) is 0 Å². The first-order chi connectivity index (χ1) is 14.9. The smallest absolute Gasteiger partial charge is 0.338 e. The Labute approximate surface area is 178 Å². The highest BCUT2D eigenvalue weighted by Gasteiger charge is 2.07. The van der Waals surface area contributed by atoms with E-state index in [9.17, 15) is 14.4 Å². The number of carbonyl (C=O) groups excluding carboxylic acids is 1. The Hall–Kier alpha value is -4.14. The fraction of sp³-hybridized carbons (Fsp3) is 0.182. The van der Waals surface area contributed by atoms with E-state index in [4.69, 9.17) is 14.9 Å². The lowest BCUT2D eigenvalue weighted by Crippen LogP contribution is -2.08. The third-order valence-corrected chi connectivity index (χ3v) is 4.01. The van der Waals surface area contributed by atoms with E-state index in [1.165, 1.54) is 5.69 Å². The second kappa shape index (κ2) is 11.8. The summed E-state index contributed by atoms with van der Waals surface area (Å²) in [6.45, 7) is 3.75. The van der Waals surface area contributed by atoms with Crippen LogP contribution in [0.5, 0.6) is 0 Å². The molecule has 0 saturated heterocycles. The van der Waals surface area contributed by atoms with Crippen LogP contribution in [0.25, 0.3) is 0 Å². The van der Waals surface area contributed by atoms with Crippen LogP contribution in [0.2, 0.25) is 0 Å². The highest BCUT2D eigenvalue weighted by Crippen LogP contribution is 2.11. The average molecular weight is 425 g/mol. The Kier molecular flexibility index (Phi) is 8.78. The molecule has 0 aliphatic rings. The van der Waals surface area contributed by atoms with E-state index >= 15 is 0 Å². The van der Waals surface area contributed by atoms with E-state index in [2.05, 4.69) is 21.8 Å². The molecule has 2 N–H and O–H groups in total. The second-order valence-electron chi connectivity index (χ2n) is 6.29. The first-order valence-corrected chi connectivity index (χ1v) is 9.38. The fourth-order valence-corrected chi connectivity index (χ4v) is 2.61. The Bertz CT molecular complexity index is 1000. The van der Waals surface area contributed by atoms with Gasteiger partial charge in [-0.25, -0.2) is 19.4 Å². The Morgan fingerprint density at radius 2 is 1.68 bits per heavy atom. The van der Waals surface area contributed by atoms with Crippen molar-refractivity contribution in [2.75, 3.05) is 6.61 Å². The van der Waals surface area contributed by atoms with Crippen LogP contribution in [0.4, 0.5) is 0 Å². The summed E-state index contributed by atoms with van der Waals surface area (Å²) < 4.78 is 9.23. The number of hydrogen-bond acceptors (Lipinski definition) is 5. The van der Waals surface area contributed by atoms with Gasteiger partial charge >= 0.3 is 17.9 Å². The summed E-state index contributed by atoms with van der Waals surface area (Å²) in [4.78, 5) is 34.8. The van der Waals surface area contributed by atoms with Crippen LogP contribution in [0.15, 0.2) is 73.5 Å². The Morgan fingerprint density at radius 1 is 1.00 bits per heavy atom. The summed E-state index contributed by atoms with van der Waals surface area (Å²) in [5, 5.41) is 15.6. The van der Waals surface area contributed by atoms with Crippen LogP contribution in [0, 0.1) is 0 Å². The Morgan fingerprint density at radius 3 is 2.23 bits per heavy atom. The number of carbonyl (C=O) groups is 3. The van der Waals surface area contributed by atoms with Gasteiger partial charge in [-0.15, -0.1) is 0 Å². The van der Waals surface area contributed by atoms with Gasteiger partial charge in [-0.1, -0.05) is 12.1 Å². The number of benzene rings is 1. The van der Waals surface area contributed by atoms with E-state index < -0.39 is 11.9 Å². The average Bonchev–Trinajstić information content (AvgIpc) is 3.40. The molecular weight excluding hydrogens is 402 g/mol. The van der Waals surface area contributed by atoms with E-state index in [-0.39, 0.29) is 5.97 Å². The summed E-state index contributed by atoms with van der Waals surface area (Å²) in [5.74, 6) is -2.79. The molecule has 0 spiro atoms. The number of aromatic nitrogens is 3. The number of carboxylic acids is 2. The van der Waals surface area contributed by atoms with Gasteiger partial charge in [0.05, 0.1) is 25.0 Å². The summed E-state index contributed by atoms with van der Waals surface area (Å²) in [7, 11) is 0. The highest BCUT2D eigenvalue weighted by molar-refractivity contribution is 5.90. The molecule has 0 aliphatic carbocycles. The number of carboxylic acid groups (broad SMARTS) is 2. The van der Waals surface area contributed by atoms with Gasteiger partial charge in [-0.3, -0.25) is 0 Å². The van der Waals surface area contributed by atoms with Crippen molar-refractivity contribution in [1.29, 1.82) is 0 Å². The minimum absolute atomic E-state index is 0.277. The summed E-state index contributed by atoms with van der Waals surface area (Å²) in [5.41, 5.74) is 2.93. The van der Waals surface area contributed by atoms with Gasteiger partial charge in [-0.05, 0) is 36.8 Å². The lowest BCUT2D eigenvalue weighted by molar-refractivity contribution is -0.134. The maximum absolute atomic E-state index is 11.7. The zero-order valence-electron chi connectivity index (χ0n) is 16.9. The van der Waals surface area contributed by atoms with Gasteiger partial charge in [0.2, 0.25) is 0 Å². The zero-order chi connectivity index (χ0) is 22.6. The molecule has 0 atom stereocenters. The van der Waals surface area contributed by atoms with E-state index in [0.29, 0.717) is 24.3 Å². The fourth-order valence-electron chi connectivity index (χ4n) is 2.61. The molecule has 3 aromatic rings. The molecule has 9 heteroatoms. The van der Waals surface area contributed by atoms with Crippen LogP contribution in [-0.2, 0) is 27.4 Å². The van der Waals surface area contributed by atoms with E-state index in [1.807, 2.05) is 47.4 Å². The van der Waals surface area contributed by atoms with Crippen molar-refractivity contribution in [2.45, 2.75) is 20.0 Å². The third-order valence-electron chi connectivity index (χ3n) is 4.01. The zero-order valence-corrected chi connectivity index (χ0v) is 16.9. The number of esters is 1. The minimum atomic E-state index is -1.26. The van der Waals surface area contributed by atoms with Crippen LogP contribution < -0.4 is 0 Å². The van der Waals surface area contributed by atoms with Gasteiger partial charge in [0.15, 0.2) is 0 Å². The van der Waals surface area contributed by atoms with Crippen LogP contribution in [0.3, 0.4) is 0 Å². The highest BCUT2D eigenvalue weighted by atomic mass is 16.5. The molecule has 1 aromatic carbocycles. The van der Waals surface area contributed by atoms with Crippen molar-refractivity contribution >= 4 is 17.9 Å². The number of aliphatic carboxylic acids is 2. The van der Waals surface area contributed by atoms with Gasteiger partial charge < -0.3 is 24.1 Å². The maximum atomic E-state index is 11.7. The van der Waals surface area contributed by atoms with Crippen LogP contribution in [-0.4, -0.2) is 48.8 Å². The first-order valence-electron chi connectivity index (χ1n) is 9.38. The molecular formula is C22H23N3O6. The number of hydrogen-bond donors (Lipinski definition) is 2. The second-order valence-corrected chi connectivity index (χ2v) is 6.29. The molecule has 0 aliphatic heterocycles. The van der Waals surface area contributed by atoms with Gasteiger partial charge in [0.1, 0.15) is 0 Å². The monoisotopic (exact) mass is 425 g/mol. The van der Waals surface area contributed by atoms with Crippen LogP contribution >= 0.6 is 0 Å². The number of nitrogens with zero attached hydrogens (tertiary/aromatic N) is 3. The standard InChI is InChI=1S/C18H19N3O2.C4H4O4/c1-2-23-18(22)16-7-5-15(6-8-16)12-21-10-3-4-17(21)13-20-11-9-19-14-20;5-3(6)1-2-4(7)8/h3-11,14H,2,12-13H2,1H3;1-2H,(H,5,6)(H,7,8). The summed E-state index contributed by atoms with van der Waals surface area (Å²) in [6, 6.07) is 11.7. The molecule has 0 fully saturated rings. The SMILES string of the molecule is CCOC(=O)c1ccc(Cn2cccc2Cn2ccnc2)cc1.O=C(O)C=CC(=O)O. The molecule has 9 nitrogen and oxygen atoms in total. The predicted molar refractivity (Wildman–Crippen MR) is 112 cm³/mol. The minimum Gasteiger partial charge on any atom is -0.478 e. The molecule has 3 rings (SSSR count). The molecule has 0 saturated carbocycles. The molecule has 0 amide bonds. The topological polar surface area (TPSA) is 124 Å². The van der Waals surface area contributed by atoms with E-state index in [1.54, 1.807) is 13.1 Å². The van der Waals surface area contributed by atoms with Gasteiger partial charge in [0, 0.05) is 43.0 Å². The Balaban J connectivity index is 0.000000366. The van der Waals surface area contributed by atoms with Crippen molar-refractivity contribution in [3.8, 4) is 0 Å². The van der Waals surface area contributed by atoms with E-state index in [0.717, 1.165) is 18.7 Å². The molecule has 0 radical (unpaired) electrons. The molecule has 0 bridgehead atoms. The van der Waals surface area contributed by atoms with Crippen LogP contribution in [0.1, 0.15) is 28.5 Å². The van der Waals surface area contributed by atoms with Crippen molar-refractivity contribution in [2.24, 2.45) is 0 Å². The van der Waals surface area contributed by atoms with Crippen molar-refractivity contribution in [1.82, 2.24) is 14.1 Å². The van der Waals surface area contributed by atoms with Gasteiger partial charge in [-0.2, -0.15) is 0 Å². The lowest BCUT2D eigenvalue weighted by Gasteiger charge is -2.10. The first kappa shape index (κ1) is 23.1. The maximum Gasteiger partial charge on any atom is 0.338 e. The molecule has 2 aromatic heterocycles.